The topological polar surface area (TPSA) is 93.1 Å². The third kappa shape index (κ3) is 4.75. The van der Waals surface area contributed by atoms with Gasteiger partial charge in [-0.15, -0.1) is 0 Å². The van der Waals surface area contributed by atoms with Crippen molar-refractivity contribution in [3.8, 4) is 0 Å². The molecule has 1 aromatic heterocycles. The van der Waals surface area contributed by atoms with Gasteiger partial charge in [-0.1, -0.05) is 36.2 Å². The lowest BCUT2D eigenvalue weighted by Crippen LogP contribution is -2.49. The Labute approximate surface area is 210 Å². The monoisotopic (exact) mass is 512 g/mol. The lowest BCUT2D eigenvalue weighted by atomic mass is 9.58. The summed E-state index contributed by atoms with van der Waals surface area (Å²) in [5, 5.41) is 7.37. The standard InChI is InChI=1S/C26H29ClN4O3S/c1-31-16-24(29-17-31)35(33,34)14-10-23(32)30-21-8-3-18-9-13-28-25(22(18)15-21)26(11-2-12-26)19-4-6-20(27)7-5-19/h3-8,15-17,25,28H,2,9-14H2,1H3,(H,30,32). The summed E-state index contributed by atoms with van der Waals surface area (Å²) in [4.78, 5) is 16.5. The number of nitrogens with zero attached hydrogens (tertiary/aromatic N) is 2. The molecule has 2 aliphatic rings. The van der Waals surface area contributed by atoms with Crippen LogP contribution in [0.25, 0.3) is 0 Å². The van der Waals surface area contributed by atoms with Gasteiger partial charge in [-0.2, -0.15) is 0 Å². The molecule has 0 spiro atoms. The number of nitrogens with one attached hydrogen (secondary N) is 2. The van der Waals surface area contributed by atoms with Crippen LogP contribution in [0.3, 0.4) is 0 Å². The fourth-order valence-electron chi connectivity index (χ4n) is 5.31. The molecule has 0 radical (unpaired) electrons. The van der Waals surface area contributed by atoms with Gasteiger partial charge in [-0.3, -0.25) is 4.79 Å². The predicted molar refractivity (Wildman–Crippen MR) is 136 cm³/mol. The number of carbonyl (C=O) groups excluding carboxylic acids is 1. The Balaban J connectivity index is 1.33. The molecule has 184 valence electrons. The molecule has 2 heterocycles. The molecule has 2 N–H and O–H groups in total. The maximum absolute atomic E-state index is 12.6. The Morgan fingerprint density at radius 3 is 2.66 bits per heavy atom. The SMILES string of the molecule is Cn1cnc(S(=O)(=O)CCC(=O)Nc2ccc3c(c2)C(C2(c4ccc(Cl)cc4)CCC2)NCC3)c1. The van der Waals surface area contributed by atoms with Crippen molar-refractivity contribution >= 4 is 33.0 Å². The first-order valence-corrected chi connectivity index (χ1v) is 13.9. The highest BCUT2D eigenvalue weighted by Gasteiger charge is 2.47. The molecule has 7 nitrogen and oxygen atoms in total. The summed E-state index contributed by atoms with van der Waals surface area (Å²) >= 11 is 6.15. The highest BCUT2D eigenvalue weighted by atomic mass is 35.5. The molecule has 1 saturated carbocycles. The van der Waals surface area contributed by atoms with Crippen LogP contribution in [-0.2, 0) is 33.5 Å². The van der Waals surface area contributed by atoms with Gasteiger partial charge in [0.1, 0.15) is 0 Å². The van der Waals surface area contributed by atoms with E-state index in [1.807, 2.05) is 24.3 Å². The maximum Gasteiger partial charge on any atom is 0.225 e. The number of rotatable bonds is 7. The van der Waals surface area contributed by atoms with Crippen molar-refractivity contribution in [3.63, 3.8) is 0 Å². The second kappa shape index (κ2) is 9.41. The number of imidazole rings is 1. The van der Waals surface area contributed by atoms with Gasteiger partial charge in [0.25, 0.3) is 0 Å². The zero-order chi connectivity index (χ0) is 24.6. The third-order valence-corrected chi connectivity index (χ3v) is 9.14. The molecule has 9 heteroatoms. The summed E-state index contributed by atoms with van der Waals surface area (Å²) in [5.74, 6) is -0.620. The average molecular weight is 513 g/mol. The highest BCUT2D eigenvalue weighted by Crippen LogP contribution is 2.53. The van der Waals surface area contributed by atoms with E-state index in [0.717, 1.165) is 30.8 Å². The zero-order valence-electron chi connectivity index (χ0n) is 19.6. The van der Waals surface area contributed by atoms with Crippen molar-refractivity contribution in [3.05, 3.63) is 76.7 Å². The van der Waals surface area contributed by atoms with Gasteiger partial charge in [0.15, 0.2) is 14.9 Å². The Bertz CT molecular complexity index is 1350. The first-order chi connectivity index (χ1) is 16.8. The normalized spacial score (nSPS) is 19.0. The number of aromatic nitrogens is 2. The number of aryl methyl sites for hydroxylation is 1. The number of hydrogen-bond donors (Lipinski definition) is 2. The van der Waals surface area contributed by atoms with Crippen molar-refractivity contribution in [1.82, 2.24) is 14.9 Å². The number of fused-ring (bicyclic) bond motifs is 1. The Kier molecular flexibility index (Phi) is 6.46. The minimum atomic E-state index is -3.61. The third-order valence-electron chi connectivity index (χ3n) is 7.30. The van der Waals surface area contributed by atoms with E-state index < -0.39 is 9.84 Å². The van der Waals surface area contributed by atoms with Crippen LogP contribution in [-0.4, -0.2) is 36.2 Å². The van der Waals surface area contributed by atoms with E-state index in [0.29, 0.717) is 5.69 Å². The van der Waals surface area contributed by atoms with Gasteiger partial charge < -0.3 is 15.2 Å². The van der Waals surface area contributed by atoms with E-state index in [1.165, 1.54) is 35.6 Å². The molecule has 1 unspecified atom stereocenters. The molecule has 1 fully saturated rings. The van der Waals surface area contributed by atoms with Gasteiger partial charge in [-0.25, -0.2) is 13.4 Å². The van der Waals surface area contributed by atoms with Crippen molar-refractivity contribution in [2.45, 2.75) is 48.6 Å². The summed E-state index contributed by atoms with van der Waals surface area (Å²) in [6.07, 6.45) is 7.04. The predicted octanol–water partition coefficient (Wildman–Crippen LogP) is 4.18. The highest BCUT2D eigenvalue weighted by molar-refractivity contribution is 7.91. The average Bonchev–Trinajstić information content (AvgIpc) is 3.26. The van der Waals surface area contributed by atoms with E-state index in [4.69, 9.17) is 11.6 Å². The van der Waals surface area contributed by atoms with Crippen LogP contribution in [0.4, 0.5) is 5.69 Å². The number of anilines is 1. The minimum Gasteiger partial charge on any atom is -0.339 e. The number of amides is 1. The molecule has 35 heavy (non-hydrogen) atoms. The number of sulfone groups is 1. The Hall–Kier alpha value is -2.68. The number of hydrogen-bond acceptors (Lipinski definition) is 5. The van der Waals surface area contributed by atoms with Crippen LogP contribution in [0, 0.1) is 0 Å². The Morgan fingerprint density at radius 1 is 1.23 bits per heavy atom. The van der Waals surface area contributed by atoms with Crippen LogP contribution in [0.2, 0.25) is 5.02 Å². The van der Waals surface area contributed by atoms with Gasteiger partial charge >= 0.3 is 0 Å². The van der Waals surface area contributed by atoms with E-state index in [2.05, 4.69) is 33.8 Å². The summed E-state index contributed by atoms with van der Waals surface area (Å²) in [6, 6.07) is 14.3. The molecule has 5 rings (SSSR count). The van der Waals surface area contributed by atoms with Gasteiger partial charge in [0, 0.05) is 41.8 Å². The molecule has 1 amide bonds. The van der Waals surface area contributed by atoms with Crippen molar-refractivity contribution < 1.29 is 13.2 Å². The molecule has 0 bridgehead atoms. The van der Waals surface area contributed by atoms with Crippen molar-refractivity contribution in [1.29, 1.82) is 0 Å². The first kappa shape index (κ1) is 24.0. The van der Waals surface area contributed by atoms with Gasteiger partial charge in [0.05, 0.1) is 12.1 Å². The zero-order valence-corrected chi connectivity index (χ0v) is 21.2. The molecular weight excluding hydrogens is 484 g/mol. The summed E-state index contributed by atoms with van der Waals surface area (Å²) in [5.41, 5.74) is 4.45. The fraction of sp³-hybridized carbons (Fsp3) is 0.385. The summed E-state index contributed by atoms with van der Waals surface area (Å²) in [7, 11) is -1.91. The lowest BCUT2D eigenvalue weighted by molar-refractivity contribution is -0.115. The fourth-order valence-corrected chi connectivity index (χ4v) is 6.64. The Morgan fingerprint density at radius 2 is 2.00 bits per heavy atom. The largest absolute Gasteiger partial charge is 0.339 e. The minimum absolute atomic E-state index is 0.000840. The van der Waals surface area contributed by atoms with Crippen LogP contribution in [0.1, 0.15) is 48.4 Å². The summed E-state index contributed by atoms with van der Waals surface area (Å²) in [6.45, 7) is 0.907. The second-order valence-corrected chi connectivity index (χ2v) is 12.1. The number of carbonyl (C=O) groups is 1. The second-order valence-electron chi connectivity index (χ2n) is 9.56. The van der Waals surface area contributed by atoms with Gasteiger partial charge in [0.2, 0.25) is 5.91 Å². The first-order valence-electron chi connectivity index (χ1n) is 11.9. The number of halogens is 1. The van der Waals surface area contributed by atoms with Crippen LogP contribution >= 0.6 is 11.6 Å². The lowest BCUT2D eigenvalue weighted by Gasteiger charge is -2.50. The van der Waals surface area contributed by atoms with Gasteiger partial charge in [-0.05, 0) is 66.8 Å². The molecular formula is C26H29ClN4O3S. The van der Waals surface area contributed by atoms with Crippen molar-refractivity contribution in [2.75, 3.05) is 17.6 Å². The quantitative estimate of drug-likeness (QED) is 0.495. The number of benzene rings is 2. The molecule has 0 saturated heterocycles. The summed E-state index contributed by atoms with van der Waals surface area (Å²) < 4.78 is 26.5. The maximum atomic E-state index is 12.6. The van der Waals surface area contributed by atoms with E-state index >= 15 is 0 Å². The molecule has 1 aliphatic heterocycles. The van der Waals surface area contributed by atoms with Crippen LogP contribution in [0.5, 0.6) is 0 Å². The molecule has 1 aliphatic carbocycles. The van der Waals surface area contributed by atoms with Crippen LogP contribution in [0.15, 0.2) is 60.0 Å². The smallest absolute Gasteiger partial charge is 0.225 e. The molecule has 2 aromatic carbocycles. The van der Waals surface area contributed by atoms with E-state index in [1.54, 1.807) is 11.6 Å². The molecule has 1 atom stereocenters. The van der Waals surface area contributed by atoms with Crippen LogP contribution < -0.4 is 10.6 Å². The van der Waals surface area contributed by atoms with E-state index in [-0.39, 0.29) is 34.6 Å². The van der Waals surface area contributed by atoms with E-state index in [9.17, 15) is 13.2 Å². The molecule has 3 aromatic rings. The van der Waals surface area contributed by atoms with Crippen molar-refractivity contribution in [2.24, 2.45) is 7.05 Å².